The van der Waals surface area contributed by atoms with E-state index in [4.69, 9.17) is 16.6 Å². The van der Waals surface area contributed by atoms with Crippen LogP contribution in [0.5, 0.6) is 0 Å². The van der Waals surface area contributed by atoms with Crippen molar-refractivity contribution in [3.8, 4) is 0 Å². The third kappa shape index (κ3) is 6.06. The first-order valence-corrected chi connectivity index (χ1v) is 11.1. The fourth-order valence-electron chi connectivity index (χ4n) is 3.95. The molecular formula is C21H33ClN6O. The molecule has 1 unspecified atom stereocenters. The second-order valence-electron chi connectivity index (χ2n) is 7.71. The number of halogens is 1. The summed E-state index contributed by atoms with van der Waals surface area (Å²) in [7, 11) is 0. The summed E-state index contributed by atoms with van der Waals surface area (Å²) < 4.78 is 0. The second-order valence-corrected chi connectivity index (χ2v) is 8.09. The van der Waals surface area contributed by atoms with Gasteiger partial charge in [0.05, 0.1) is 6.04 Å². The standard InChI is InChI=1S/C21H33ClN6O/c1-3-23-21(24-9-8-18-6-7-19(22)25-16-18)28-14-12-26(13-15-28)17(2)20(29)27-10-4-5-11-27/h6-7,16-17H,3-5,8-15H2,1-2H3,(H,23,24). The van der Waals surface area contributed by atoms with Crippen molar-refractivity contribution in [2.45, 2.75) is 39.2 Å². The molecule has 160 valence electrons. The van der Waals surface area contributed by atoms with Gasteiger partial charge in [-0.2, -0.15) is 0 Å². The van der Waals surface area contributed by atoms with Crippen molar-refractivity contribution in [3.05, 3.63) is 29.0 Å². The number of hydrogen-bond acceptors (Lipinski definition) is 4. The third-order valence-corrected chi connectivity index (χ3v) is 5.95. The van der Waals surface area contributed by atoms with E-state index in [1.54, 1.807) is 0 Å². The first-order chi connectivity index (χ1) is 14.1. The largest absolute Gasteiger partial charge is 0.357 e. The van der Waals surface area contributed by atoms with Gasteiger partial charge in [-0.3, -0.25) is 14.7 Å². The number of hydrogen-bond donors (Lipinski definition) is 1. The molecule has 1 atom stereocenters. The van der Waals surface area contributed by atoms with Crippen LogP contribution in [0.15, 0.2) is 23.3 Å². The Labute approximate surface area is 179 Å². The molecule has 2 saturated heterocycles. The van der Waals surface area contributed by atoms with Gasteiger partial charge in [-0.1, -0.05) is 17.7 Å². The zero-order chi connectivity index (χ0) is 20.6. The average Bonchev–Trinajstić information content (AvgIpc) is 3.28. The number of piperazine rings is 1. The minimum Gasteiger partial charge on any atom is -0.357 e. The molecule has 1 aromatic rings. The summed E-state index contributed by atoms with van der Waals surface area (Å²) >= 11 is 5.85. The predicted octanol–water partition coefficient (Wildman–Crippen LogP) is 1.87. The molecule has 0 radical (unpaired) electrons. The first-order valence-electron chi connectivity index (χ1n) is 10.7. The van der Waals surface area contributed by atoms with Gasteiger partial charge in [0, 0.05) is 58.6 Å². The summed E-state index contributed by atoms with van der Waals surface area (Å²) in [6, 6.07) is 3.78. The van der Waals surface area contributed by atoms with E-state index in [9.17, 15) is 4.79 Å². The van der Waals surface area contributed by atoms with Crippen molar-refractivity contribution < 1.29 is 4.79 Å². The summed E-state index contributed by atoms with van der Waals surface area (Å²) in [4.78, 5) is 28.2. The van der Waals surface area contributed by atoms with Crippen LogP contribution in [0, 0.1) is 0 Å². The van der Waals surface area contributed by atoms with E-state index in [1.807, 2.05) is 23.2 Å². The normalized spacial score (nSPS) is 19.5. The Morgan fingerprint density at radius 3 is 2.52 bits per heavy atom. The van der Waals surface area contributed by atoms with Crippen LogP contribution in [0.1, 0.15) is 32.3 Å². The fraction of sp³-hybridized carbons (Fsp3) is 0.667. The number of carbonyl (C=O) groups is 1. The van der Waals surface area contributed by atoms with E-state index in [0.29, 0.717) is 11.7 Å². The van der Waals surface area contributed by atoms with Gasteiger partial charge in [-0.05, 0) is 44.7 Å². The first kappa shape index (κ1) is 21.8. The van der Waals surface area contributed by atoms with E-state index < -0.39 is 0 Å². The molecule has 0 bridgehead atoms. The molecule has 0 saturated carbocycles. The lowest BCUT2D eigenvalue weighted by molar-refractivity contribution is -0.135. The Balaban J connectivity index is 1.50. The maximum atomic E-state index is 12.7. The highest BCUT2D eigenvalue weighted by atomic mass is 35.5. The molecule has 1 N–H and O–H groups in total. The molecular weight excluding hydrogens is 388 g/mol. The van der Waals surface area contributed by atoms with Crippen LogP contribution >= 0.6 is 11.6 Å². The van der Waals surface area contributed by atoms with Crippen molar-refractivity contribution >= 4 is 23.5 Å². The lowest BCUT2D eigenvalue weighted by Gasteiger charge is -2.39. The number of amides is 1. The maximum absolute atomic E-state index is 12.7. The number of carbonyl (C=O) groups excluding carboxylic acids is 1. The number of pyridine rings is 1. The third-order valence-electron chi connectivity index (χ3n) is 5.72. The molecule has 3 heterocycles. The average molecular weight is 421 g/mol. The smallest absolute Gasteiger partial charge is 0.239 e. The topological polar surface area (TPSA) is 64.1 Å². The van der Waals surface area contributed by atoms with Gasteiger partial charge < -0.3 is 15.1 Å². The van der Waals surface area contributed by atoms with Gasteiger partial charge in [0.15, 0.2) is 5.96 Å². The van der Waals surface area contributed by atoms with E-state index in [-0.39, 0.29) is 11.9 Å². The van der Waals surface area contributed by atoms with Crippen LogP contribution in [0.25, 0.3) is 0 Å². The van der Waals surface area contributed by atoms with Crippen molar-refractivity contribution in [1.82, 2.24) is 25.0 Å². The minimum atomic E-state index is -0.0350. The molecule has 0 spiro atoms. The van der Waals surface area contributed by atoms with Crippen molar-refractivity contribution in [1.29, 1.82) is 0 Å². The molecule has 2 aliphatic heterocycles. The minimum absolute atomic E-state index is 0.0350. The number of nitrogens with one attached hydrogen (secondary N) is 1. The number of aromatic nitrogens is 1. The Morgan fingerprint density at radius 1 is 1.17 bits per heavy atom. The number of guanidine groups is 1. The van der Waals surface area contributed by atoms with Crippen molar-refractivity contribution in [2.75, 3.05) is 52.4 Å². The summed E-state index contributed by atoms with van der Waals surface area (Å²) in [5, 5.41) is 3.92. The molecule has 29 heavy (non-hydrogen) atoms. The number of likely N-dealkylation sites (tertiary alicyclic amines) is 1. The van der Waals surface area contributed by atoms with Gasteiger partial charge in [-0.25, -0.2) is 4.98 Å². The van der Waals surface area contributed by atoms with Crippen LogP contribution in [0.4, 0.5) is 0 Å². The van der Waals surface area contributed by atoms with Crippen molar-refractivity contribution in [3.63, 3.8) is 0 Å². The van der Waals surface area contributed by atoms with E-state index in [2.05, 4.69) is 33.9 Å². The quantitative estimate of drug-likeness (QED) is 0.432. The molecule has 2 fully saturated rings. The predicted molar refractivity (Wildman–Crippen MR) is 117 cm³/mol. The van der Waals surface area contributed by atoms with Crippen molar-refractivity contribution in [2.24, 2.45) is 4.99 Å². The lowest BCUT2D eigenvalue weighted by Crippen LogP contribution is -2.57. The molecule has 2 aliphatic rings. The van der Waals surface area contributed by atoms with Gasteiger partial charge in [0.2, 0.25) is 5.91 Å². The summed E-state index contributed by atoms with van der Waals surface area (Å²) in [6.45, 7) is 11.0. The number of aliphatic imine (C=N–C) groups is 1. The molecule has 3 rings (SSSR count). The van der Waals surface area contributed by atoms with Gasteiger partial charge in [-0.15, -0.1) is 0 Å². The Kier molecular flexibility index (Phi) is 8.12. The highest BCUT2D eigenvalue weighted by molar-refractivity contribution is 6.29. The Bertz CT molecular complexity index is 681. The van der Waals surface area contributed by atoms with E-state index >= 15 is 0 Å². The van der Waals surface area contributed by atoms with Gasteiger partial charge in [0.25, 0.3) is 0 Å². The van der Waals surface area contributed by atoms with Crippen LogP contribution in [-0.4, -0.2) is 90.0 Å². The summed E-state index contributed by atoms with van der Waals surface area (Å²) in [6.07, 6.45) is 4.92. The lowest BCUT2D eigenvalue weighted by atomic mass is 10.2. The molecule has 1 amide bonds. The molecule has 0 aromatic carbocycles. The summed E-state index contributed by atoms with van der Waals surface area (Å²) in [5.41, 5.74) is 1.13. The van der Waals surface area contributed by atoms with Gasteiger partial charge >= 0.3 is 0 Å². The van der Waals surface area contributed by atoms with Crippen LogP contribution in [0.3, 0.4) is 0 Å². The SMILES string of the molecule is CCNC(=NCCc1ccc(Cl)nc1)N1CCN(C(C)C(=O)N2CCCC2)CC1. The highest BCUT2D eigenvalue weighted by Gasteiger charge is 2.30. The van der Waals surface area contributed by atoms with Gasteiger partial charge in [0.1, 0.15) is 5.15 Å². The second kappa shape index (κ2) is 10.8. The summed E-state index contributed by atoms with van der Waals surface area (Å²) in [5.74, 6) is 1.24. The molecule has 0 aliphatic carbocycles. The van der Waals surface area contributed by atoms with Crippen LogP contribution < -0.4 is 5.32 Å². The monoisotopic (exact) mass is 420 g/mol. The number of rotatable bonds is 6. The number of nitrogens with zero attached hydrogens (tertiary/aromatic N) is 5. The zero-order valence-electron chi connectivity index (χ0n) is 17.6. The Hall–Kier alpha value is -1.86. The molecule has 8 heteroatoms. The van der Waals surface area contributed by atoms with E-state index in [1.165, 1.54) is 0 Å². The molecule has 1 aromatic heterocycles. The van der Waals surface area contributed by atoms with Crippen LogP contribution in [-0.2, 0) is 11.2 Å². The highest BCUT2D eigenvalue weighted by Crippen LogP contribution is 2.14. The zero-order valence-corrected chi connectivity index (χ0v) is 18.4. The Morgan fingerprint density at radius 2 is 1.90 bits per heavy atom. The van der Waals surface area contributed by atoms with E-state index in [0.717, 1.165) is 76.6 Å². The van der Waals surface area contributed by atoms with Crippen LogP contribution in [0.2, 0.25) is 5.15 Å². The maximum Gasteiger partial charge on any atom is 0.239 e. The fourth-order valence-corrected chi connectivity index (χ4v) is 4.06. The molecule has 7 nitrogen and oxygen atoms in total.